The SMILES string of the molecule is CCCCN1CC(=O)N2[C@@H](c3cc(OC)c(OC)c(OC)c3)c3[nH]c4ccccc4c3C[C@H]2C1=O. The first-order valence-electron chi connectivity index (χ1n) is 12.0. The van der Waals surface area contributed by atoms with Crippen molar-refractivity contribution in [3.05, 3.63) is 53.2 Å². The number of aromatic amines is 1. The molecular weight excluding hydrogens is 446 g/mol. The van der Waals surface area contributed by atoms with Gasteiger partial charge in [-0.2, -0.15) is 0 Å². The van der Waals surface area contributed by atoms with Gasteiger partial charge in [0.1, 0.15) is 6.04 Å². The van der Waals surface area contributed by atoms with E-state index in [9.17, 15) is 9.59 Å². The number of nitrogens with one attached hydrogen (secondary N) is 1. The van der Waals surface area contributed by atoms with Crippen LogP contribution in [0.2, 0.25) is 0 Å². The summed E-state index contributed by atoms with van der Waals surface area (Å²) in [4.78, 5) is 34.3. The topological polar surface area (TPSA) is 84.1 Å². The third kappa shape index (κ3) is 3.68. The molecule has 1 aromatic heterocycles. The highest BCUT2D eigenvalue weighted by atomic mass is 16.5. The number of aromatic nitrogens is 1. The number of rotatable bonds is 7. The van der Waals surface area contributed by atoms with E-state index in [0.29, 0.717) is 30.2 Å². The van der Waals surface area contributed by atoms with Crippen LogP contribution < -0.4 is 14.2 Å². The Morgan fingerprint density at radius 2 is 1.74 bits per heavy atom. The van der Waals surface area contributed by atoms with Crippen LogP contribution in [0.4, 0.5) is 0 Å². The van der Waals surface area contributed by atoms with Gasteiger partial charge in [0.2, 0.25) is 17.6 Å². The lowest BCUT2D eigenvalue weighted by molar-refractivity contribution is -0.158. The molecule has 0 aliphatic carbocycles. The Balaban J connectivity index is 1.71. The Kier molecular flexibility index (Phi) is 6.05. The number of piperazine rings is 1. The van der Waals surface area contributed by atoms with E-state index >= 15 is 0 Å². The van der Waals surface area contributed by atoms with Crippen molar-refractivity contribution in [2.24, 2.45) is 0 Å². The Hall–Kier alpha value is -3.68. The summed E-state index contributed by atoms with van der Waals surface area (Å²) in [7, 11) is 4.70. The number of H-pyrrole nitrogens is 1. The van der Waals surface area contributed by atoms with Gasteiger partial charge in [0.25, 0.3) is 0 Å². The number of carbonyl (C=O) groups excluding carboxylic acids is 2. The molecule has 5 rings (SSSR count). The lowest BCUT2D eigenvalue weighted by Gasteiger charge is -2.47. The van der Waals surface area contributed by atoms with Gasteiger partial charge in [0, 0.05) is 29.6 Å². The minimum absolute atomic E-state index is 0.00595. The normalized spacial score (nSPS) is 19.5. The maximum Gasteiger partial charge on any atom is 0.246 e. The van der Waals surface area contributed by atoms with Crippen LogP contribution in [0, 0.1) is 0 Å². The first-order valence-corrected chi connectivity index (χ1v) is 12.0. The zero-order chi connectivity index (χ0) is 24.7. The molecule has 3 heterocycles. The smallest absolute Gasteiger partial charge is 0.246 e. The Morgan fingerprint density at radius 3 is 2.40 bits per heavy atom. The van der Waals surface area contributed by atoms with E-state index in [2.05, 4.69) is 18.0 Å². The average molecular weight is 478 g/mol. The molecule has 2 aromatic carbocycles. The fraction of sp³-hybridized carbons (Fsp3) is 0.407. The highest BCUT2D eigenvalue weighted by molar-refractivity contribution is 5.97. The summed E-state index contributed by atoms with van der Waals surface area (Å²) in [6.07, 6.45) is 2.32. The molecule has 2 aliphatic heterocycles. The summed E-state index contributed by atoms with van der Waals surface area (Å²) in [5.41, 5.74) is 3.76. The molecule has 3 aromatic rings. The Labute approximate surface area is 204 Å². The van der Waals surface area contributed by atoms with E-state index in [4.69, 9.17) is 14.2 Å². The maximum absolute atomic E-state index is 13.7. The van der Waals surface area contributed by atoms with Crippen LogP contribution in [0.1, 0.15) is 42.6 Å². The molecule has 184 valence electrons. The molecule has 2 amide bonds. The van der Waals surface area contributed by atoms with Crippen molar-refractivity contribution in [2.45, 2.75) is 38.3 Å². The van der Waals surface area contributed by atoms with Gasteiger partial charge in [0.15, 0.2) is 11.5 Å². The zero-order valence-electron chi connectivity index (χ0n) is 20.6. The van der Waals surface area contributed by atoms with Crippen molar-refractivity contribution < 1.29 is 23.8 Å². The van der Waals surface area contributed by atoms with Crippen molar-refractivity contribution in [3.63, 3.8) is 0 Å². The molecule has 35 heavy (non-hydrogen) atoms. The monoisotopic (exact) mass is 477 g/mol. The zero-order valence-corrected chi connectivity index (χ0v) is 20.6. The van der Waals surface area contributed by atoms with Crippen LogP contribution in [-0.4, -0.2) is 67.1 Å². The number of methoxy groups -OCH3 is 3. The van der Waals surface area contributed by atoms with Crippen LogP contribution in [0.3, 0.4) is 0 Å². The van der Waals surface area contributed by atoms with Crippen LogP contribution in [0.5, 0.6) is 17.2 Å². The predicted molar refractivity (Wildman–Crippen MR) is 132 cm³/mol. The molecule has 1 N–H and O–H groups in total. The number of hydrogen-bond acceptors (Lipinski definition) is 5. The molecule has 0 saturated carbocycles. The van der Waals surface area contributed by atoms with E-state index in [1.807, 2.05) is 30.3 Å². The molecule has 0 bridgehead atoms. The lowest BCUT2D eigenvalue weighted by atomic mass is 9.86. The van der Waals surface area contributed by atoms with E-state index in [1.165, 1.54) is 0 Å². The maximum atomic E-state index is 13.7. The second-order valence-electron chi connectivity index (χ2n) is 9.06. The van der Waals surface area contributed by atoms with Gasteiger partial charge in [0.05, 0.1) is 33.9 Å². The summed E-state index contributed by atoms with van der Waals surface area (Å²) >= 11 is 0. The molecule has 0 unspecified atom stereocenters. The van der Waals surface area contributed by atoms with Crippen molar-refractivity contribution >= 4 is 22.7 Å². The largest absolute Gasteiger partial charge is 0.493 e. The van der Waals surface area contributed by atoms with Crippen LogP contribution in [0.15, 0.2) is 36.4 Å². The van der Waals surface area contributed by atoms with E-state index in [-0.39, 0.29) is 18.4 Å². The van der Waals surface area contributed by atoms with E-state index in [0.717, 1.165) is 40.6 Å². The molecule has 2 aliphatic rings. The molecule has 1 saturated heterocycles. The highest BCUT2D eigenvalue weighted by Crippen LogP contribution is 2.46. The average Bonchev–Trinajstić information content (AvgIpc) is 3.26. The second kappa shape index (κ2) is 9.17. The molecular formula is C27H31N3O5. The molecule has 2 atom stereocenters. The first-order chi connectivity index (χ1) is 17.0. The van der Waals surface area contributed by atoms with Gasteiger partial charge in [-0.3, -0.25) is 9.59 Å². The fourth-order valence-corrected chi connectivity index (χ4v) is 5.47. The van der Waals surface area contributed by atoms with Gasteiger partial charge in [-0.1, -0.05) is 31.5 Å². The standard InChI is InChI=1S/C27H31N3O5/c1-5-6-11-29-15-23(31)30-20(27(29)32)14-18-17-9-7-8-10-19(17)28-24(18)25(30)16-12-21(33-2)26(35-4)22(13-16)34-3/h7-10,12-13,20,25,28H,5-6,11,14-15H2,1-4H3/t20-,25-/m0/s1. The number of ether oxygens (including phenoxy) is 3. The van der Waals surface area contributed by atoms with Crippen molar-refractivity contribution in [3.8, 4) is 17.2 Å². The summed E-state index contributed by atoms with van der Waals surface area (Å²) in [5, 5.41) is 1.07. The van der Waals surface area contributed by atoms with Crippen molar-refractivity contribution in [2.75, 3.05) is 34.4 Å². The molecule has 8 heteroatoms. The van der Waals surface area contributed by atoms with E-state index in [1.54, 1.807) is 31.1 Å². The molecule has 1 fully saturated rings. The number of hydrogen-bond donors (Lipinski definition) is 1. The highest BCUT2D eigenvalue weighted by Gasteiger charge is 2.48. The third-order valence-electron chi connectivity index (χ3n) is 7.13. The summed E-state index contributed by atoms with van der Waals surface area (Å²) in [5.74, 6) is 1.43. The fourth-order valence-electron chi connectivity index (χ4n) is 5.47. The number of nitrogens with zero attached hydrogens (tertiary/aromatic N) is 2. The van der Waals surface area contributed by atoms with Gasteiger partial charge in [-0.15, -0.1) is 0 Å². The van der Waals surface area contributed by atoms with Crippen LogP contribution in [0.25, 0.3) is 10.9 Å². The molecule has 8 nitrogen and oxygen atoms in total. The minimum Gasteiger partial charge on any atom is -0.493 e. The molecule has 0 spiro atoms. The minimum atomic E-state index is -0.566. The summed E-state index contributed by atoms with van der Waals surface area (Å²) < 4.78 is 16.7. The number of carbonyl (C=O) groups is 2. The molecule has 0 radical (unpaired) electrons. The van der Waals surface area contributed by atoms with Crippen LogP contribution in [-0.2, 0) is 16.0 Å². The Morgan fingerprint density at radius 1 is 1.03 bits per heavy atom. The quantitative estimate of drug-likeness (QED) is 0.561. The second-order valence-corrected chi connectivity index (χ2v) is 9.06. The van der Waals surface area contributed by atoms with Crippen molar-refractivity contribution in [1.82, 2.24) is 14.8 Å². The summed E-state index contributed by atoms with van der Waals surface area (Å²) in [6.45, 7) is 2.77. The van der Waals surface area contributed by atoms with Crippen molar-refractivity contribution in [1.29, 1.82) is 0 Å². The lowest BCUT2D eigenvalue weighted by Crippen LogP contribution is -2.63. The number of unbranched alkanes of at least 4 members (excludes halogenated alkanes) is 1. The van der Waals surface area contributed by atoms with Gasteiger partial charge in [-0.05, 0) is 35.7 Å². The number of amides is 2. The predicted octanol–water partition coefficient (Wildman–Crippen LogP) is 3.68. The Bertz CT molecular complexity index is 1260. The van der Waals surface area contributed by atoms with Gasteiger partial charge in [-0.25, -0.2) is 0 Å². The van der Waals surface area contributed by atoms with Gasteiger partial charge >= 0.3 is 0 Å². The third-order valence-corrected chi connectivity index (χ3v) is 7.13. The van der Waals surface area contributed by atoms with Gasteiger partial charge < -0.3 is 29.0 Å². The van der Waals surface area contributed by atoms with E-state index < -0.39 is 12.1 Å². The number of fused-ring (bicyclic) bond motifs is 4. The summed E-state index contributed by atoms with van der Waals surface area (Å²) in [6, 6.07) is 10.7. The number of para-hydroxylation sites is 1. The van der Waals surface area contributed by atoms with Crippen LogP contribution >= 0.6 is 0 Å². The first kappa shape index (κ1) is 23.1. The number of benzene rings is 2.